The van der Waals surface area contributed by atoms with E-state index in [0.29, 0.717) is 17.3 Å². The Labute approximate surface area is 147 Å². The molecule has 0 spiro atoms. The first kappa shape index (κ1) is 18.5. The molecule has 8 heteroatoms. The first-order valence-corrected chi connectivity index (χ1v) is 7.92. The van der Waals surface area contributed by atoms with Crippen LogP contribution in [-0.4, -0.2) is 55.2 Å². The van der Waals surface area contributed by atoms with E-state index in [-0.39, 0.29) is 5.95 Å². The summed E-state index contributed by atoms with van der Waals surface area (Å²) in [4.78, 5) is 22.8. The van der Waals surface area contributed by atoms with Crippen molar-refractivity contribution in [3.8, 4) is 5.75 Å². The number of ether oxygens (including phenoxy) is 1. The number of carbonyl (C=O) groups excluding carboxylic acids is 1. The summed E-state index contributed by atoms with van der Waals surface area (Å²) in [7, 11) is 5.58. The Kier molecular flexibility index (Phi) is 6.53. The van der Waals surface area contributed by atoms with Crippen molar-refractivity contribution >= 4 is 23.5 Å². The third kappa shape index (κ3) is 6.27. The van der Waals surface area contributed by atoms with Crippen molar-refractivity contribution in [2.45, 2.75) is 6.92 Å². The van der Waals surface area contributed by atoms with E-state index in [0.717, 1.165) is 18.8 Å². The molecule has 1 aromatic heterocycles. The van der Waals surface area contributed by atoms with Crippen LogP contribution < -0.4 is 20.7 Å². The van der Waals surface area contributed by atoms with E-state index in [1.807, 2.05) is 27.1 Å². The molecule has 1 heterocycles. The monoisotopic (exact) mass is 344 g/mol. The fraction of sp³-hybridized carbons (Fsp3) is 0.353. The molecular weight excluding hydrogens is 320 g/mol. The normalized spacial score (nSPS) is 10.4. The van der Waals surface area contributed by atoms with E-state index < -0.39 is 6.03 Å². The molecule has 2 amide bonds. The topological polar surface area (TPSA) is 91.4 Å². The first-order valence-electron chi connectivity index (χ1n) is 7.92. The van der Waals surface area contributed by atoms with Gasteiger partial charge in [-0.2, -0.15) is 4.98 Å². The fourth-order valence-electron chi connectivity index (χ4n) is 2.09. The molecule has 2 aromatic rings. The zero-order chi connectivity index (χ0) is 18.2. The Balaban J connectivity index is 1.98. The van der Waals surface area contributed by atoms with Gasteiger partial charge in [0.2, 0.25) is 5.95 Å². The molecule has 8 nitrogen and oxygen atoms in total. The maximum atomic E-state index is 12.1. The number of amides is 2. The van der Waals surface area contributed by atoms with Crippen LogP contribution in [0.5, 0.6) is 5.75 Å². The summed E-state index contributed by atoms with van der Waals surface area (Å²) in [6.45, 7) is 3.48. The molecule has 0 atom stereocenters. The van der Waals surface area contributed by atoms with Gasteiger partial charge in [-0.1, -0.05) is 6.07 Å². The van der Waals surface area contributed by atoms with Crippen LogP contribution in [0.25, 0.3) is 0 Å². The molecule has 134 valence electrons. The van der Waals surface area contributed by atoms with Crippen LogP contribution in [0.15, 0.2) is 30.3 Å². The number of likely N-dealkylation sites (N-methyl/N-ethyl adjacent to an activating group) is 1. The lowest BCUT2D eigenvalue weighted by Gasteiger charge is -2.12. The van der Waals surface area contributed by atoms with E-state index in [1.54, 1.807) is 31.4 Å². The number of carbonyl (C=O) groups is 1. The molecule has 0 aliphatic carbocycles. The second-order valence-electron chi connectivity index (χ2n) is 5.76. The van der Waals surface area contributed by atoms with Gasteiger partial charge in [0.05, 0.1) is 7.11 Å². The van der Waals surface area contributed by atoms with Crippen LogP contribution >= 0.6 is 0 Å². The summed E-state index contributed by atoms with van der Waals surface area (Å²) < 4.78 is 5.13. The third-order valence-corrected chi connectivity index (χ3v) is 3.27. The number of nitrogens with one attached hydrogen (secondary N) is 3. The summed E-state index contributed by atoms with van der Waals surface area (Å²) in [6, 6.07) is 8.51. The van der Waals surface area contributed by atoms with Crippen LogP contribution in [0.1, 0.15) is 5.69 Å². The zero-order valence-electron chi connectivity index (χ0n) is 15.0. The largest absolute Gasteiger partial charge is 0.497 e. The lowest BCUT2D eigenvalue weighted by atomic mass is 10.3. The zero-order valence-corrected chi connectivity index (χ0v) is 15.0. The predicted molar refractivity (Wildman–Crippen MR) is 99.4 cm³/mol. The minimum atomic E-state index is -0.418. The lowest BCUT2D eigenvalue weighted by Crippen LogP contribution is -2.23. The second-order valence-corrected chi connectivity index (χ2v) is 5.76. The summed E-state index contributed by atoms with van der Waals surface area (Å²) in [5.41, 5.74) is 1.38. The summed E-state index contributed by atoms with van der Waals surface area (Å²) in [5, 5.41) is 8.58. The van der Waals surface area contributed by atoms with Crippen molar-refractivity contribution in [1.82, 2.24) is 14.9 Å². The van der Waals surface area contributed by atoms with E-state index in [2.05, 4.69) is 30.8 Å². The van der Waals surface area contributed by atoms with Crippen LogP contribution in [-0.2, 0) is 0 Å². The van der Waals surface area contributed by atoms with Gasteiger partial charge in [0.15, 0.2) is 0 Å². The van der Waals surface area contributed by atoms with Crippen molar-refractivity contribution in [3.05, 3.63) is 36.0 Å². The third-order valence-electron chi connectivity index (χ3n) is 3.27. The molecule has 0 aliphatic rings. The molecule has 25 heavy (non-hydrogen) atoms. The van der Waals surface area contributed by atoms with Gasteiger partial charge in [-0.25, -0.2) is 9.78 Å². The van der Waals surface area contributed by atoms with Crippen LogP contribution in [0.2, 0.25) is 0 Å². The van der Waals surface area contributed by atoms with Gasteiger partial charge in [-0.05, 0) is 33.2 Å². The Bertz CT molecular complexity index is 720. The lowest BCUT2D eigenvalue weighted by molar-refractivity contribution is 0.262. The highest BCUT2D eigenvalue weighted by molar-refractivity contribution is 5.98. The fourth-order valence-corrected chi connectivity index (χ4v) is 2.09. The molecule has 3 N–H and O–H groups in total. The van der Waals surface area contributed by atoms with Crippen molar-refractivity contribution in [2.75, 3.05) is 50.2 Å². The second kappa shape index (κ2) is 8.84. The Morgan fingerprint density at radius 2 is 2.00 bits per heavy atom. The molecule has 2 rings (SSSR count). The number of anilines is 3. The number of hydrogen-bond acceptors (Lipinski definition) is 6. The van der Waals surface area contributed by atoms with E-state index >= 15 is 0 Å². The highest BCUT2D eigenvalue weighted by atomic mass is 16.5. The average Bonchev–Trinajstić information content (AvgIpc) is 2.54. The van der Waals surface area contributed by atoms with Gasteiger partial charge in [-0.15, -0.1) is 0 Å². The quantitative estimate of drug-likeness (QED) is 0.714. The molecule has 1 aromatic carbocycles. The number of benzene rings is 1. The summed E-state index contributed by atoms with van der Waals surface area (Å²) >= 11 is 0. The Morgan fingerprint density at radius 1 is 1.20 bits per heavy atom. The smallest absolute Gasteiger partial charge is 0.326 e. The molecule has 0 radical (unpaired) electrons. The van der Waals surface area contributed by atoms with Gasteiger partial charge in [0.25, 0.3) is 0 Å². The van der Waals surface area contributed by atoms with Gasteiger partial charge < -0.3 is 20.3 Å². The van der Waals surface area contributed by atoms with Crippen molar-refractivity contribution in [2.24, 2.45) is 0 Å². The first-order chi connectivity index (χ1) is 12.0. The Hall–Kier alpha value is -2.87. The maximum absolute atomic E-state index is 12.1. The minimum absolute atomic E-state index is 0.243. The van der Waals surface area contributed by atoms with Crippen molar-refractivity contribution < 1.29 is 9.53 Å². The molecule has 0 saturated heterocycles. The molecule has 0 fully saturated rings. The van der Waals surface area contributed by atoms with Crippen LogP contribution in [0.3, 0.4) is 0 Å². The standard InChI is InChI=1S/C17H24N6O2/c1-12-10-15(18-8-9-23(2)3)21-16(19-12)22-17(24)20-13-6-5-7-14(11-13)25-4/h5-7,10-11H,8-9H2,1-4H3,(H3,18,19,20,21,22,24). The highest BCUT2D eigenvalue weighted by Gasteiger charge is 2.08. The van der Waals surface area contributed by atoms with E-state index in [1.165, 1.54) is 0 Å². The van der Waals surface area contributed by atoms with Gasteiger partial charge in [0, 0.05) is 36.6 Å². The minimum Gasteiger partial charge on any atom is -0.497 e. The molecule has 0 saturated carbocycles. The number of aromatic nitrogens is 2. The predicted octanol–water partition coefficient (Wildman–Crippen LogP) is 2.41. The Morgan fingerprint density at radius 3 is 2.72 bits per heavy atom. The number of aryl methyl sites for hydroxylation is 1. The maximum Gasteiger partial charge on any atom is 0.326 e. The van der Waals surface area contributed by atoms with E-state index in [4.69, 9.17) is 4.74 Å². The van der Waals surface area contributed by atoms with Crippen LogP contribution in [0.4, 0.5) is 22.2 Å². The molecular formula is C17H24N6O2. The SMILES string of the molecule is COc1cccc(NC(=O)Nc2nc(C)cc(NCCN(C)C)n2)c1. The van der Waals surface area contributed by atoms with Gasteiger partial charge in [0.1, 0.15) is 11.6 Å². The average molecular weight is 344 g/mol. The van der Waals surface area contributed by atoms with Crippen molar-refractivity contribution in [1.29, 1.82) is 0 Å². The number of methoxy groups -OCH3 is 1. The number of urea groups is 1. The van der Waals surface area contributed by atoms with Gasteiger partial charge in [-0.3, -0.25) is 5.32 Å². The van der Waals surface area contributed by atoms with Crippen LogP contribution in [0, 0.1) is 6.92 Å². The van der Waals surface area contributed by atoms with E-state index in [9.17, 15) is 4.79 Å². The van der Waals surface area contributed by atoms with Crippen molar-refractivity contribution in [3.63, 3.8) is 0 Å². The highest BCUT2D eigenvalue weighted by Crippen LogP contribution is 2.17. The molecule has 0 bridgehead atoms. The van der Waals surface area contributed by atoms with Gasteiger partial charge >= 0.3 is 6.03 Å². The number of hydrogen-bond donors (Lipinski definition) is 3. The molecule has 0 aliphatic heterocycles. The summed E-state index contributed by atoms with van der Waals surface area (Å²) in [5.74, 6) is 1.58. The number of rotatable bonds is 7. The number of nitrogens with zero attached hydrogens (tertiary/aromatic N) is 3. The summed E-state index contributed by atoms with van der Waals surface area (Å²) in [6.07, 6.45) is 0. The molecule has 0 unspecified atom stereocenters.